The van der Waals surface area contributed by atoms with E-state index in [-0.39, 0.29) is 35.5 Å². The number of nitrogens with zero attached hydrogens (tertiary/aromatic N) is 1. The van der Waals surface area contributed by atoms with Crippen LogP contribution in [0.2, 0.25) is 5.02 Å². The molecular weight excluding hydrogens is 314 g/mol. The summed E-state index contributed by atoms with van der Waals surface area (Å²) in [6.07, 6.45) is 0. The number of ether oxygens (including phenoxy) is 1. The van der Waals surface area contributed by atoms with Gasteiger partial charge in [0.05, 0.1) is 13.0 Å². The average molecular weight is 338 g/mol. The van der Waals surface area contributed by atoms with Crippen molar-refractivity contribution >= 4 is 23.5 Å². The molecule has 0 N–H and O–H groups in total. The Balaban J connectivity index is 2.24. The maximum atomic E-state index is 12.6. The molecule has 1 aliphatic heterocycles. The summed E-state index contributed by atoms with van der Waals surface area (Å²) in [4.78, 5) is 26.6. The van der Waals surface area contributed by atoms with Crippen LogP contribution >= 0.6 is 11.6 Å². The number of methoxy groups -OCH3 is 1. The zero-order valence-corrected chi connectivity index (χ0v) is 14.8. The summed E-state index contributed by atoms with van der Waals surface area (Å²) in [5, 5.41) is 0.655. The fraction of sp³-hybridized carbons (Fsp3) is 0.556. The zero-order valence-electron chi connectivity index (χ0n) is 14.1. The Morgan fingerprint density at radius 3 is 2.30 bits per heavy atom. The highest BCUT2D eigenvalue weighted by molar-refractivity contribution is 6.30. The van der Waals surface area contributed by atoms with Crippen LogP contribution < -0.4 is 0 Å². The van der Waals surface area contributed by atoms with Gasteiger partial charge in [0.15, 0.2) is 0 Å². The highest BCUT2D eigenvalue weighted by atomic mass is 35.5. The minimum Gasteiger partial charge on any atom is -0.469 e. The molecule has 1 fully saturated rings. The molecule has 1 heterocycles. The van der Waals surface area contributed by atoms with Crippen molar-refractivity contribution in [2.45, 2.75) is 26.7 Å². The van der Waals surface area contributed by atoms with Crippen molar-refractivity contribution in [3.63, 3.8) is 0 Å². The first-order chi connectivity index (χ1) is 10.8. The smallest absolute Gasteiger partial charge is 0.311 e. The Bertz CT molecular complexity index is 570. The molecule has 1 amide bonds. The van der Waals surface area contributed by atoms with Gasteiger partial charge in [0.1, 0.15) is 0 Å². The monoisotopic (exact) mass is 337 g/mol. The second-order valence-electron chi connectivity index (χ2n) is 6.56. The van der Waals surface area contributed by atoms with Crippen LogP contribution in [0.3, 0.4) is 0 Å². The Morgan fingerprint density at radius 2 is 1.78 bits per heavy atom. The SMILES string of the molecule is COC(=O)[C@@H]1CN(C(=O)[C@H](C)C(C)C)C[C@H]1c1ccc(Cl)cc1. The number of benzene rings is 1. The van der Waals surface area contributed by atoms with Gasteiger partial charge in [-0.3, -0.25) is 9.59 Å². The molecule has 23 heavy (non-hydrogen) atoms. The molecule has 0 spiro atoms. The average Bonchev–Trinajstić information content (AvgIpc) is 2.98. The summed E-state index contributed by atoms with van der Waals surface area (Å²) in [6.45, 7) is 6.96. The molecule has 1 aliphatic rings. The summed E-state index contributed by atoms with van der Waals surface area (Å²) in [5.74, 6) is -0.332. The highest BCUT2D eigenvalue weighted by Gasteiger charge is 2.42. The number of likely N-dealkylation sites (tertiary alicyclic amines) is 1. The summed E-state index contributed by atoms with van der Waals surface area (Å²) < 4.78 is 4.94. The van der Waals surface area contributed by atoms with Crippen molar-refractivity contribution in [2.75, 3.05) is 20.2 Å². The molecule has 1 aromatic rings. The fourth-order valence-electron chi connectivity index (χ4n) is 2.99. The molecule has 0 aliphatic carbocycles. The Labute approximate surface area is 142 Å². The summed E-state index contributed by atoms with van der Waals surface area (Å²) >= 11 is 5.94. The number of carbonyl (C=O) groups is 2. The van der Waals surface area contributed by atoms with Gasteiger partial charge < -0.3 is 9.64 Å². The van der Waals surface area contributed by atoms with E-state index in [9.17, 15) is 9.59 Å². The van der Waals surface area contributed by atoms with Crippen LogP contribution in [0, 0.1) is 17.8 Å². The van der Waals surface area contributed by atoms with Crippen molar-refractivity contribution in [1.29, 1.82) is 0 Å². The van der Waals surface area contributed by atoms with Gasteiger partial charge in [-0.05, 0) is 23.6 Å². The van der Waals surface area contributed by atoms with Crippen LogP contribution in [0.15, 0.2) is 24.3 Å². The lowest BCUT2D eigenvalue weighted by Gasteiger charge is -2.23. The minimum atomic E-state index is -0.329. The normalized spacial score (nSPS) is 22.3. The number of carbonyl (C=O) groups excluding carboxylic acids is 2. The number of halogens is 1. The highest BCUT2D eigenvalue weighted by Crippen LogP contribution is 2.35. The van der Waals surface area contributed by atoms with E-state index >= 15 is 0 Å². The molecule has 2 rings (SSSR count). The van der Waals surface area contributed by atoms with Crippen molar-refractivity contribution in [3.8, 4) is 0 Å². The predicted octanol–water partition coefficient (Wildman–Crippen LogP) is 3.35. The minimum absolute atomic E-state index is 0.0528. The standard InChI is InChI=1S/C18H24ClNO3/c1-11(2)12(3)17(21)20-9-15(16(10-20)18(22)23-4)13-5-7-14(19)8-6-13/h5-8,11-12,15-16H,9-10H2,1-4H3/t12-,15+,16-/m1/s1. The van der Waals surface area contributed by atoms with E-state index in [0.29, 0.717) is 18.1 Å². The third kappa shape index (κ3) is 3.86. The zero-order chi connectivity index (χ0) is 17.1. The number of hydrogen-bond acceptors (Lipinski definition) is 3. The number of hydrogen-bond donors (Lipinski definition) is 0. The van der Waals surface area contributed by atoms with Crippen molar-refractivity contribution in [2.24, 2.45) is 17.8 Å². The first-order valence-corrected chi connectivity index (χ1v) is 8.35. The lowest BCUT2D eigenvalue weighted by Crippen LogP contribution is -2.36. The molecule has 0 unspecified atom stereocenters. The second-order valence-corrected chi connectivity index (χ2v) is 7.00. The molecule has 4 nitrogen and oxygen atoms in total. The predicted molar refractivity (Wildman–Crippen MR) is 90.3 cm³/mol. The summed E-state index contributed by atoms with van der Waals surface area (Å²) in [6, 6.07) is 7.46. The third-order valence-corrected chi connectivity index (χ3v) is 5.08. The molecule has 126 valence electrons. The second kappa shape index (κ2) is 7.35. The maximum absolute atomic E-state index is 12.6. The molecule has 0 aromatic heterocycles. The van der Waals surface area contributed by atoms with Crippen LogP contribution in [0.1, 0.15) is 32.3 Å². The molecule has 0 radical (unpaired) electrons. The summed E-state index contributed by atoms with van der Waals surface area (Å²) in [7, 11) is 1.39. The topological polar surface area (TPSA) is 46.6 Å². The lowest BCUT2D eigenvalue weighted by atomic mass is 9.89. The molecule has 1 aromatic carbocycles. The van der Waals surface area contributed by atoms with Gasteiger partial charge in [-0.2, -0.15) is 0 Å². The first-order valence-electron chi connectivity index (χ1n) is 7.97. The van der Waals surface area contributed by atoms with E-state index in [1.54, 1.807) is 4.90 Å². The van der Waals surface area contributed by atoms with Crippen LogP contribution in [0.25, 0.3) is 0 Å². The van der Waals surface area contributed by atoms with Gasteiger partial charge in [0, 0.05) is 29.9 Å². The molecule has 0 bridgehead atoms. The van der Waals surface area contributed by atoms with Crippen LogP contribution in [-0.2, 0) is 14.3 Å². The van der Waals surface area contributed by atoms with Crippen molar-refractivity contribution in [3.05, 3.63) is 34.9 Å². The Hall–Kier alpha value is -1.55. The van der Waals surface area contributed by atoms with E-state index in [0.717, 1.165) is 5.56 Å². The van der Waals surface area contributed by atoms with Crippen LogP contribution in [-0.4, -0.2) is 37.0 Å². The molecular formula is C18H24ClNO3. The van der Waals surface area contributed by atoms with Crippen molar-refractivity contribution < 1.29 is 14.3 Å². The fourth-order valence-corrected chi connectivity index (χ4v) is 3.12. The summed E-state index contributed by atoms with van der Waals surface area (Å²) in [5.41, 5.74) is 1.01. The van der Waals surface area contributed by atoms with E-state index < -0.39 is 0 Å². The molecule has 1 saturated heterocycles. The first kappa shape index (κ1) is 17.8. The van der Waals surface area contributed by atoms with E-state index in [1.807, 2.05) is 45.0 Å². The molecule has 0 saturated carbocycles. The van der Waals surface area contributed by atoms with Gasteiger partial charge in [-0.15, -0.1) is 0 Å². The third-order valence-electron chi connectivity index (χ3n) is 4.82. The molecule has 3 atom stereocenters. The largest absolute Gasteiger partial charge is 0.469 e. The van der Waals surface area contributed by atoms with Gasteiger partial charge in [-0.1, -0.05) is 44.5 Å². The Morgan fingerprint density at radius 1 is 1.17 bits per heavy atom. The van der Waals surface area contributed by atoms with E-state index in [2.05, 4.69) is 0 Å². The number of rotatable bonds is 4. The number of esters is 1. The van der Waals surface area contributed by atoms with Gasteiger partial charge in [0.2, 0.25) is 5.91 Å². The number of amides is 1. The lowest BCUT2D eigenvalue weighted by molar-refractivity contribution is -0.145. The van der Waals surface area contributed by atoms with Gasteiger partial charge in [-0.25, -0.2) is 0 Å². The van der Waals surface area contributed by atoms with E-state index in [4.69, 9.17) is 16.3 Å². The Kier molecular flexibility index (Phi) is 5.69. The molecule has 5 heteroatoms. The van der Waals surface area contributed by atoms with Gasteiger partial charge in [0.25, 0.3) is 0 Å². The van der Waals surface area contributed by atoms with E-state index in [1.165, 1.54) is 7.11 Å². The van der Waals surface area contributed by atoms with Crippen LogP contribution in [0.4, 0.5) is 0 Å². The quantitative estimate of drug-likeness (QED) is 0.791. The maximum Gasteiger partial charge on any atom is 0.311 e. The van der Waals surface area contributed by atoms with Crippen LogP contribution in [0.5, 0.6) is 0 Å². The van der Waals surface area contributed by atoms with Gasteiger partial charge >= 0.3 is 5.97 Å². The van der Waals surface area contributed by atoms with Crippen molar-refractivity contribution in [1.82, 2.24) is 4.90 Å².